The van der Waals surface area contributed by atoms with Crippen LogP contribution >= 0.6 is 11.6 Å². The molecule has 1 atom stereocenters. The lowest BCUT2D eigenvalue weighted by Crippen LogP contribution is -2.47. The van der Waals surface area contributed by atoms with E-state index < -0.39 is 0 Å². The average Bonchev–Trinajstić information content (AvgIpc) is 2.28. The van der Waals surface area contributed by atoms with Crippen LogP contribution in [0, 0.1) is 0 Å². The molecule has 4 nitrogen and oxygen atoms in total. The van der Waals surface area contributed by atoms with Crippen molar-refractivity contribution in [3.8, 4) is 0 Å². The van der Waals surface area contributed by atoms with Crippen molar-refractivity contribution in [2.75, 3.05) is 32.1 Å². The first-order valence-electron chi connectivity index (χ1n) is 5.45. The molecule has 1 unspecified atom stereocenters. The van der Waals surface area contributed by atoms with Crippen LogP contribution in [0.15, 0.2) is 0 Å². The van der Waals surface area contributed by atoms with Crippen molar-refractivity contribution in [2.45, 2.75) is 25.3 Å². The number of alkyl halides is 1. The highest BCUT2D eigenvalue weighted by atomic mass is 35.5. The summed E-state index contributed by atoms with van der Waals surface area (Å²) in [6.07, 6.45) is 3.46. The highest BCUT2D eigenvalue weighted by Gasteiger charge is 2.21. The zero-order chi connectivity index (χ0) is 11.1. The first-order chi connectivity index (χ1) is 7.27. The molecular weight excluding hydrogens is 216 g/mol. The van der Waals surface area contributed by atoms with Gasteiger partial charge in [-0.25, -0.2) is 0 Å². The van der Waals surface area contributed by atoms with Gasteiger partial charge in [0.05, 0.1) is 6.61 Å². The number of nitrogens with one attached hydrogen (secondary N) is 1. The maximum absolute atomic E-state index is 11.0. The van der Waals surface area contributed by atoms with Crippen LogP contribution in [0.1, 0.15) is 19.3 Å². The van der Waals surface area contributed by atoms with Gasteiger partial charge < -0.3 is 10.4 Å². The van der Waals surface area contributed by atoms with E-state index in [4.69, 9.17) is 16.7 Å². The molecule has 0 bridgehead atoms. The molecule has 1 amide bonds. The Labute approximate surface area is 95.6 Å². The van der Waals surface area contributed by atoms with Crippen LogP contribution < -0.4 is 5.32 Å². The minimum atomic E-state index is -0.119. The van der Waals surface area contributed by atoms with Gasteiger partial charge in [0.2, 0.25) is 5.91 Å². The second-order valence-electron chi connectivity index (χ2n) is 3.85. The maximum Gasteiger partial charge on any atom is 0.234 e. The summed E-state index contributed by atoms with van der Waals surface area (Å²) in [5.41, 5.74) is 0. The van der Waals surface area contributed by atoms with E-state index in [1.54, 1.807) is 0 Å². The van der Waals surface area contributed by atoms with Crippen LogP contribution in [0.4, 0.5) is 0 Å². The zero-order valence-corrected chi connectivity index (χ0v) is 9.67. The molecule has 1 aliphatic heterocycles. The first-order valence-corrected chi connectivity index (χ1v) is 5.99. The summed E-state index contributed by atoms with van der Waals surface area (Å²) in [5.74, 6) is -0.0987. The van der Waals surface area contributed by atoms with E-state index >= 15 is 0 Å². The number of aliphatic hydroxyl groups excluding tert-OH is 1. The quantitative estimate of drug-likeness (QED) is 0.668. The van der Waals surface area contributed by atoms with Crippen LogP contribution in [0.2, 0.25) is 0 Å². The summed E-state index contributed by atoms with van der Waals surface area (Å²) in [5, 5.41) is 11.7. The van der Waals surface area contributed by atoms with E-state index in [1.165, 1.54) is 12.8 Å². The van der Waals surface area contributed by atoms with E-state index in [9.17, 15) is 4.79 Å². The molecule has 1 rings (SSSR count). The lowest BCUT2D eigenvalue weighted by atomic mass is 10.0. The fourth-order valence-electron chi connectivity index (χ4n) is 1.99. The van der Waals surface area contributed by atoms with Gasteiger partial charge in [-0.1, -0.05) is 6.42 Å². The van der Waals surface area contributed by atoms with E-state index in [0.29, 0.717) is 19.1 Å². The van der Waals surface area contributed by atoms with E-state index in [0.717, 1.165) is 13.0 Å². The van der Waals surface area contributed by atoms with Crippen molar-refractivity contribution in [3.05, 3.63) is 0 Å². The largest absolute Gasteiger partial charge is 0.395 e. The highest BCUT2D eigenvalue weighted by molar-refractivity contribution is 6.27. The van der Waals surface area contributed by atoms with Gasteiger partial charge in [-0.05, 0) is 19.4 Å². The normalized spacial score (nSPS) is 22.7. The molecule has 0 aromatic heterocycles. The fourth-order valence-corrected chi connectivity index (χ4v) is 2.09. The Bertz CT molecular complexity index is 200. The van der Waals surface area contributed by atoms with E-state index in [2.05, 4.69) is 10.2 Å². The number of hydrogen-bond acceptors (Lipinski definition) is 3. The number of hydrogen-bond donors (Lipinski definition) is 2. The highest BCUT2D eigenvalue weighted by Crippen LogP contribution is 2.15. The SMILES string of the molecule is O=C(CCl)NCC1CCCCN1CCO. The van der Waals surface area contributed by atoms with Gasteiger partial charge in [0.1, 0.15) is 5.88 Å². The Morgan fingerprint density at radius 1 is 1.53 bits per heavy atom. The Kier molecular flexibility index (Phi) is 5.98. The number of aliphatic hydroxyl groups is 1. The van der Waals surface area contributed by atoms with Crippen LogP contribution in [0.3, 0.4) is 0 Å². The third kappa shape index (κ3) is 4.36. The molecule has 5 heteroatoms. The van der Waals surface area contributed by atoms with Crippen LogP contribution in [-0.4, -0.2) is 54.1 Å². The van der Waals surface area contributed by atoms with Gasteiger partial charge in [0.25, 0.3) is 0 Å². The topological polar surface area (TPSA) is 52.6 Å². The Morgan fingerprint density at radius 3 is 3.00 bits per heavy atom. The molecule has 0 saturated carbocycles. The lowest BCUT2D eigenvalue weighted by Gasteiger charge is -2.35. The van der Waals surface area contributed by atoms with Gasteiger partial charge in [-0.3, -0.25) is 9.69 Å². The number of β-amino-alcohol motifs (C(OH)–C–C–N with tert-alkyl or cyclic N) is 1. The molecule has 1 fully saturated rings. The molecule has 0 aromatic rings. The van der Waals surface area contributed by atoms with Crippen molar-refractivity contribution >= 4 is 17.5 Å². The standard InChI is InChI=1S/C10H19ClN2O2/c11-7-10(15)12-8-9-3-1-2-4-13(9)5-6-14/h9,14H,1-8H2,(H,12,15). The summed E-state index contributed by atoms with van der Waals surface area (Å²) >= 11 is 5.40. The second-order valence-corrected chi connectivity index (χ2v) is 4.11. The minimum Gasteiger partial charge on any atom is -0.395 e. The summed E-state index contributed by atoms with van der Waals surface area (Å²) in [7, 11) is 0. The maximum atomic E-state index is 11.0. The summed E-state index contributed by atoms with van der Waals surface area (Å²) in [6.45, 7) is 2.54. The molecule has 2 N–H and O–H groups in total. The third-order valence-electron chi connectivity index (χ3n) is 2.79. The smallest absolute Gasteiger partial charge is 0.234 e. The fraction of sp³-hybridized carbons (Fsp3) is 0.900. The molecular formula is C10H19ClN2O2. The summed E-state index contributed by atoms with van der Waals surface area (Å²) in [6, 6.07) is 0.359. The van der Waals surface area contributed by atoms with Crippen LogP contribution in [0.25, 0.3) is 0 Å². The molecule has 88 valence electrons. The number of halogens is 1. The van der Waals surface area contributed by atoms with E-state index in [-0.39, 0.29) is 18.4 Å². The summed E-state index contributed by atoms with van der Waals surface area (Å²) < 4.78 is 0. The lowest BCUT2D eigenvalue weighted by molar-refractivity contribution is -0.119. The molecule has 0 radical (unpaired) electrons. The second kappa shape index (κ2) is 7.04. The number of rotatable bonds is 5. The van der Waals surface area contributed by atoms with Crippen molar-refractivity contribution in [2.24, 2.45) is 0 Å². The number of piperidine rings is 1. The van der Waals surface area contributed by atoms with E-state index in [1.807, 2.05) is 0 Å². The van der Waals surface area contributed by atoms with Gasteiger partial charge in [-0.2, -0.15) is 0 Å². The predicted octanol–water partition coefficient (Wildman–Crippen LogP) is 0.188. The number of nitrogens with zero attached hydrogens (tertiary/aromatic N) is 1. The molecule has 0 spiro atoms. The van der Waals surface area contributed by atoms with Crippen molar-refractivity contribution < 1.29 is 9.90 Å². The number of carbonyl (C=O) groups is 1. The number of carbonyl (C=O) groups excluding carboxylic acids is 1. The number of amides is 1. The van der Waals surface area contributed by atoms with Crippen LogP contribution in [0.5, 0.6) is 0 Å². The average molecular weight is 235 g/mol. The van der Waals surface area contributed by atoms with Crippen molar-refractivity contribution in [1.29, 1.82) is 0 Å². The molecule has 0 aromatic carbocycles. The molecule has 0 aliphatic carbocycles. The van der Waals surface area contributed by atoms with Gasteiger partial charge in [-0.15, -0.1) is 11.6 Å². The Morgan fingerprint density at radius 2 is 2.33 bits per heavy atom. The zero-order valence-electron chi connectivity index (χ0n) is 8.91. The van der Waals surface area contributed by atoms with Gasteiger partial charge in [0.15, 0.2) is 0 Å². The predicted molar refractivity (Wildman–Crippen MR) is 60.0 cm³/mol. The molecule has 1 saturated heterocycles. The third-order valence-corrected chi connectivity index (χ3v) is 3.04. The Balaban J connectivity index is 2.32. The van der Waals surface area contributed by atoms with Crippen molar-refractivity contribution in [3.63, 3.8) is 0 Å². The minimum absolute atomic E-state index is 0.0206. The summed E-state index contributed by atoms with van der Waals surface area (Å²) in [4.78, 5) is 13.2. The van der Waals surface area contributed by atoms with Gasteiger partial charge in [0, 0.05) is 19.1 Å². The molecule has 15 heavy (non-hydrogen) atoms. The first kappa shape index (κ1) is 12.7. The Hall–Kier alpha value is -0.320. The van der Waals surface area contributed by atoms with Gasteiger partial charge >= 0.3 is 0 Å². The monoisotopic (exact) mass is 234 g/mol. The molecule has 1 heterocycles. The van der Waals surface area contributed by atoms with Crippen molar-refractivity contribution in [1.82, 2.24) is 10.2 Å². The number of likely N-dealkylation sites (tertiary alicyclic amines) is 1. The molecule has 1 aliphatic rings. The van der Waals surface area contributed by atoms with Crippen LogP contribution in [-0.2, 0) is 4.79 Å².